The summed E-state index contributed by atoms with van der Waals surface area (Å²) in [5, 5.41) is 142. The van der Waals surface area contributed by atoms with E-state index in [0.29, 0.717) is 0 Å². The first-order chi connectivity index (χ1) is 21.3. The average molecular weight is 667 g/mol. The zero-order valence-electron chi connectivity index (χ0n) is 23.5. The normalized spacial score (nSPS) is 52.9. The molecule has 264 valence electrons. The van der Waals surface area contributed by atoms with Crippen molar-refractivity contribution in [3.8, 4) is 0 Å². The molecule has 0 aromatic rings. The summed E-state index contributed by atoms with van der Waals surface area (Å²) in [5.41, 5.74) is 0. The maximum absolute atomic E-state index is 10.9. The van der Waals surface area contributed by atoms with Crippen LogP contribution in [0.2, 0.25) is 0 Å². The summed E-state index contributed by atoms with van der Waals surface area (Å²) in [4.78, 5) is 0. The highest BCUT2D eigenvalue weighted by Crippen LogP contribution is 2.34. The third kappa shape index (κ3) is 7.44. The summed E-state index contributed by atoms with van der Waals surface area (Å²) in [6.45, 7) is -3.39. The van der Waals surface area contributed by atoms with Crippen molar-refractivity contribution in [2.24, 2.45) is 0 Å². The van der Waals surface area contributed by atoms with E-state index in [1.165, 1.54) is 0 Å². The van der Waals surface area contributed by atoms with E-state index in [4.69, 9.17) is 33.2 Å². The molecule has 0 amide bonds. The highest BCUT2D eigenvalue weighted by molar-refractivity contribution is 4.97. The van der Waals surface area contributed by atoms with Gasteiger partial charge in [0, 0.05) is 0 Å². The highest BCUT2D eigenvalue weighted by Gasteiger charge is 2.55. The van der Waals surface area contributed by atoms with Crippen LogP contribution >= 0.6 is 0 Å². The molecule has 0 spiro atoms. The average Bonchev–Trinajstić information content (AvgIpc) is 3.03. The summed E-state index contributed by atoms with van der Waals surface area (Å²) >= 11 is 0. The lowest BCUT2D eigenvalue weighted by Gasteiger charge is -2.49. The molecular weight excluding hydrogens is 624 g/mol. The van der Waals surface area contributed by atoms with E-state index in [9.17, 15) is 71.5 Å². The van der Waals surface area contributed by atoms with E-state index in [-0.39, 0.29) is 0 Å². The first-order valence-electron chi connectivity index (χ1n) is 14.1. The van der Waals surface area contributed by atoms with Crippen molar-refractivity contribution in [3.63, 3.8) is 0 Å². The molecule has 0 radical (unpaired) electrons. The summed E-state index contributed by atoms with van der Waals surface area (Å²) in [6, 6.07) is 0. The molecule has 21 heteroatoms. The van der Waals surface area contributed by atoms with Crippen LogP contribution in [0.15, 0.2) is 0 Å². The molecule has 0 saturated carbocycles. The Morgan fingerprint density at radius 2 is 0.644 bits per heavy atom. The number of ether oxygens (including phenoxy) is 7. The lowest BCUT2D eigenvalue weighted by Crippen LogP contribution is -2.67. The summed E-state index contributed by atoms with van der Waals surface area (Å²) in [5.74, 6) is 0. The fraction of sp³-hybridized carbons (Fsp3) is 1.00. The summed E-state index contributed by atoms with van der Waals surface area (Å²) < 4.78 is 37.7. The number of aliphatic hydroxyl groups excluding tert-OH is 14. The molecule has 4 fully saturated rings. The third-order valence-corrected chi connectivity index (χ3v) is 8.20. The maximum atomic E-state index is 10.9. The van der Waals surface area contributed by atoms with Gasteiger partial charge in [-0.3, -0.25) is 0 Å². The Balaban J connectivity index is 1.43. The second-order valence-electron chi connectivity index (χ2n) is 11.1. The van der Waals surface area contributed by atoms with Crippen molar-refractivity contribution in [3.05, 3.63) is 0 Å². The van der Waals surface area contributed by atoms with Crippen LogP contribution in [0, 0.1) is 0 Å². The molecule has 0 aliphatic carbocycles. The highest BCUT2D eigenvalue weighted by atomic mass is 16.8. The number of rotatable bonds is 10. The minimum Gasteiger partial charge on any atom is -0.394 e. The molecule has 20 atom stereocenters. The number of hydrogen-bond acceptors (Lipinski definition) is 21. The molecule has 0 aromatic carbocycles. The van der Waals surface area contributed by atoms with Crippen LogP contribution in [-0.4, -0.2) is 221 Å². The van der Waals surface area contributed by atoms with Gasteiger partial charge >= 0.3 is 0 Å². The van der Waals surface area contributed by atoms with E-state index in [2.05, 4.69) is 0 Å². The van der Waals surface area contributed by atoms with Gasteiger partial charge in [-0.1, -0.05) is 0 Å². The predicted molar refractivity (Wildman–Crippen MR) is 134 cm³/mol. The topological polar surface area (TPSA) is 348 Å². The molecule has 0 bridgehead atoms. The Labute approximate surface area is 254 Å². The molecule has 45 heavy (non-hydrogen) atoms. The Bertz CT molecular complexity index is 910. The van der Waals surface area contributed by atoms with E-state index in [1.807, 2.05) is 0 Å². The molecule has 8 unspecified atom stereocenters. The van der Waals surface area contributed by atoms with Gasteiger partial charge in [0.2, 0.25) is 0 Å². The van der Waals surface area contributed by atoms with Crippen LogP contribution in [0.1, 0.15) is 0 Å². The quantitative estimate of drug-likeness (QED) is 0.103. The van der Waals surface area contributed by atoms with Crippen LogP contribution < -0.4 is 0 Å². The molecule has 4 rings (SSSR count). The van der Waals surface area contributed by atoms with Gasteiger partial charge in [-0.25, -0.2) is 0 Å². The molecule has 21 nitrogen and oxygen atoms in total. The molecule has 14 N–H and O–H groups in total. The van der Waals surface area contributed by atoms with Gasteiger partial charge in [0.15, 0.2) is 25.2 Å². The Kier molecular flexibility index (Phi) is 12.8. The fourth-order valence-corrected chi connectivity index (χ4v) is 5.55. The van der Waals surface area contributed by atoms with Gasteiger partial charge < -0.3 is 105 Å². The minimum absolute atomic E-state index is 0.784. The van der Waals surface area contributed by atoms with Gasteiger partial charge in [0.05, 0.1) is 26.4 Å². The summed E-state index contributed by atoms with van der Waals surface area (Å²) in [7, 11) is 0. The van der Waals surface area contributed by atoms with Gasteiger partial charge in [0.1, 0.15) is 97.7 Å². The van der Waals surface area contributed by atoms with Gasteiger partial charge in [0.25, 0.3) is 0 Å². The predicted octanol–water partition coefficient (Wildman–Crippen LogP) is -9.75. The SMILES string of the molecule is OCC1O[C@@H](O[C@@H]2C(CO)O[C@@H](O[C@@H]3C(CO)O[C@@H](O[C@@H]4C(CO)O[C@@H](O)C(O)[C@H]4O)C(O)[C@H]3O)C(O)[C@H]2O)C(O)[C@@H](O)[C@@H]1O. The smallest absolute Gasteiger partial charge is 0.187 e. The monoisotopic (exact) mass is 666 g/mol. The van der Waals surface area contributed by atoms with Crippen molar-refractivity contribution in [2.45, 2.75) is 123 Å². The van der Waals surface area contributed by atoms with E-state index in [0.717, 1.165) is 0 Å². The van der Waals surface area contributed by atoms with Gasteiger partial charge in [-0.05, 0) is 0 Å². The minimum atomic E-state index is -2.02. The molecule has 4 aliphatic rings. The molecule has 4 saturated heterocycles. The first-order valence-corrected chi connectivity index (χ1v) is 14.1. The van der Waals surface area contributed by atoms with Crippen LogP contribution in [0.3, 0.4) is 0 Å². The lowest BCUT2D eigenvalue weighted by molar-refractivity contribution is -0.387. The zero-order chi connectivity index (χ0) is 33.3. The van der Waals surface area contributed by atoms with E-state index in [1.54, 1.807) is 0 Å². The molecule has 0 aromatic heterocycles. The van der Waals surface area contributed by atoms with Crippen LogP contribution in [0.5, 0.6) is 0 Å². The van der Waals surface area contributed by atoms with Gasteiger partial charge in [-0.15, -0.1) is 0 Å². The Morgan fingerprint density at radius 3 is 1.02 bits per heavy atom. The standard InChI is InChI=1S/C24H42O21/c25-1-5-9(29)10(30)15(35)22(40-5)44-19-7(3-27)42-24(17(37)12(19)32)45-20-8(4-28)41-23(16(36)13(20)33)43-18-6(2-26)39-21(38)14(34)11(18)31/h5-38H,1-4H2/t5?,6?,7?,8?,9-,10+,11-,12-,13-,14?,15?,16?,17?,18-,19-,20-,21-,22+,23+,24+/m1/s1. The molecular formula is C24H42O21. The van der Waals surface area contributed by atoms with Crippen LogP contribution in [-0.2, 0) is 33.2 Å². The van der Waals surface area contributed by atoms with Crippen molar-refractivity contribution in [1.29, 1.82) is 0 Å². The number of aliphatic hydroxyl groups is 14. The van der Waals surface area contributed by atoms with Crippen molar-refractivity contribution >= 4 is 0 Å². The molecule has 4 heterocycles. The maximum Gasteiger partial charge on any atom is 0.187 e. The molecule has 4 aliphatic heterocycles. The second kappa shape index (κ2) is 15.6. The van der Waals surface area contributed by atoms with Gasteiger partial charge in [-0.2, -0.15) is 0 Å². The largest absolute Gasteiger partial charge is 0.394 e. The first kappa shape index (κ1) is 37.0. The van der Waals surface area contributed by atoms with Crippen molar-refractivity contribution < 1.29 is 105 Å². The third-order valence-electron chi connectivity index (χ3n) is 8.20. The number of hydrogen-bond donors (Lipinski definition) is 14. The fourth-order valence-electron chi connectivity index (χ4n) is 5.55. The Morgan fingerprint density at radius 1 is 0.333 bits per heavy atom. The lowest BCUT2D eigenvalue weighted by atomic mass is 9.95. The van der Waals surface area contributed by atoms with Crippen LogP contribution in [0.25, 0.3) is 0 Å². The second-order valence-corrected chi connectivity index (χ2v) is 11.1. The van der Waals surface area contributed by atoms with Crippen LogP contribution in [0.4, 0.5) is 0 Å². The van der Waals surface area contributed by atoms with E-state index >= 15 is 0 Å². The van der Waals surface area contributed by atoms with Crippen molar-refractivity contribution in [1.82, 2.24) is 0 Å². The zero-order valence-corrected chi connectivity index (χ0v) is 23.5. The summed E-state index contributed by atoms with van der Waals surface area (Å²) in [6.07, 6.45) is -35.3. The van der Waals surface area contributed by atoms with Crippen molar-refractivity contribution in [2.75, 3.05) is 26.4 Å². The Hall–Kier alpha value is -0.840. The van der Waals surface area contributed by atoms with E-state index < -0.39 is 149 Å².